The smallest absolute Gasteiger partial charge is 0.434 e. The van der Waals surface area contributed by atoms with Crippen LogP contribution in [0.25, 0.3) is 5.57 Å². The van der Waals surface area contributed by atoms with Crippen molar-refractivity contribution in [2.45, 2.75) is 58.1 Å². The number of hydrogen-bond donors (Lipinski definition) is 1. The molecule has 0 aromatic heterocycles. The standard InChI is InChI=1S/C21H27NO5/c1-5-26-20(24)27-18-17(16-11-13(2)8-9-14(16)3)19(23)22-21(18)10-6-7-15(12-21)25-4/h8-9,11,15H,5-7,10,12H2,1-4H3,(H,22,23). The second-order valence-electron chi connectivity index (χ2n) is 7.30. The summed E-state index contributed by atoms with van der Waals surface area (Å²) in [7, 11) is 1.67. The average Bonchev–Trinajstić information content (AvgIpc) is 2.88. The Kier molecular flexibility index (Phi) is 5.56. The first kappa shape index (κ1) is 19.4. The average molecular weight is 373 g/mol. The molecule has 0 saturated heterocycles. The van der Waals surface area contributed by atoms with Crippen LogP contribution in [0.1, 0.15) is 49.3 Å². The minimum atomic E-state index is -0.786. The third kappa shape index (κ3) is 3.72. The molecule has 2 aliphatic rings. The number of amides is 1. The molecular formula is C21H27NO5. The van der Waals surface area contributed by atoms with Crippen molar-refractivity contribution in [3.05, 3.63) is 40.6 Å². The number of hydrogen-bond acceptors (Lipinski definition) is 5. The van der Waals surface area contributed by atoms with E-state index in [0.29, 0.717) is 24.2 Å². The third-order valence-corrected chi connectivity index (χ3v) is 5.39. The van der Waals surface area contributed by atoms with E-state index >= 15 is 0 Å². The van der Waals surface area contributed by atoms with Gasteiger partial charge in [-0.25, -0.2) is 4.79 Å². The molecule has 146 valence electrons. The van der Waals surface area contributed by atoms with E-state index in [1.165, 1.54) is 0 Å². The fraction of sp³-hybridized carbons (Fsp3) is 0.524. The molecule has 1 fully saturated rings. The molecule has 1 aromatic rings. The van der Waals surface area contributed by atoms with Gasteiger partial charge >= 0.3 is 6.16 Å². The Morgan fingerprint density at radius 3 is 2.81 bits per heavy atom. The summed E-state index contributed by atoms with van der Waals surface area (Å²) in [5.41, 5.74) is 2.44. The van der Waals surface area contributed by atoms with Gasteiger partial charge in [-0.05, 0) is 51.2 Å². The highest BCUT2D eigenvalue weighted by Gasteiger charge is 2.51. The molecule has 3 rings (SSSR count). The molecule has 1 spiro atoms. The molecule has 2 unspecified atom stereocenters. The Bertz CT molecular complexity index is 785. The molecule has 27 heavy (non-hydrogen) atoms. The van der Waals surface area contributed by atoms with Crippen LogP contribution in [0.2, 0.25) is 0 Å². The summed E-state index contributed by atoms with van der Waals surface area (Å²) in [5, 5.41) is 3.10. The lowest BCUT2D eigenvalue weighted by Gasteiger charge is -2.38. The highest BCUT2D eigenvalue weighted by Crippen LogP contribution is 2.44. The van der Waals surface area contributed by atoms with E-state index in [2.05, 4.69) is 5.32 Å². The number of nitrogens with one attached hydrogen (secondary N) is 1. The van der Waals surface area contributed by atoms with Gasteiger partial charge < -0.3 is 19.5 Å². The van der Waals surface area contributed by atoms with E-state index in [9.17, 15) is 9.59 Å². The normalized spacial score (nSPS) is 24.9. The first-order valence-corrected chi connectivity index (χ1v) is 9.42. The predicted octanol–water partition coefficient (Wildman–Crippen LogP) is 3.65. The van der Waals surface area contributed by atoms with Crippen LogP contribution in [0.4, 0.5) is 4.79 Å². The molecule has 1 N–H and O–H groups in total. The first-order chi connectivity index (χ1) is 12.9. The van der Waals surface area contributed by atoms with Crippen LogP contribution in [0.15, 0.2) is 24.0 Å². The van der Waals surface area contributed by atoms with Crippen molar-refractivity contribution < 1.29 is 23.8 Å². The Morgan fingerprint density at radius 2 is 2.11 bits per heavy atom. The van der Waals surface area contributed by atoms with Crippen molar-refractivity contribution in [3.8, 4) is 0 Å². The van der Waals surface area contributed by atoms with Crippen LogP contribution in [-0.4, -0.2) is 37.4 Å². The zero-order valence-electron chi connectivity index (χ0n) is 16.4. The van der Waals surface area contributed by atoms with E-state index in [4.69, 9.17) is 14.2 Å². The highest BCUT2D eigenvalue weighted by atomic mass is 16.7. The Labute approximate surface area is 159 Å². The van der Waals surface area contributed by atoms with Crippen molar-refractivity contribution in [3.63, 3.8) is 0 Å². The first-order valence-electron chi connectivity index (χ1n) is 9.42. The van der Waals surface area contributed by atoms with E-state index in [-0.39, 0.29) is 18.6 Å². The van der Waals surface area contributed by atoms with Gasteiger partial charge in [0.2, 0.25) is 0 Å². The molecule has 1 amide bonds. The van der Waals surface area contributed by atoms with E-state index < -0.39 is 11.7 Å². The van der Waals surface area contributed by atoms with Crippen LogP contribution in [0.3, 0.4) is 0 Å². The molecule has 6 nitrogen and oxygen atoms in total. The van der Waals surface area contributed by atoms with Gasteiger partial charge in [0.15, 0.2) is 5.76 Å². The van der Waals surface area contributed by atoms with E-state index in [1.807, 2.05) is 32.0 Å². The molecule has 6 heteroatoms. The number of aryl methyl sites for hydroxylation is 2. The summed E-state index contributed by atoms with van der Waals surface area (Å²) in [6, 6.07) is 5.92. The van der Waals surface area contributed by atoms with Crippen LogP contribution in [0.5, 0.6) is 0 Å². The van der Waals surface area contributed by atoms with Crippen molar-refractivity contribution in [1.29, 1.82) is 0 Å². The fourth-order valence-electron chi connectivity index (χ4n) is 4.05. The van der Waals surface area contributed by atoms with Gasteiger partial charge in [-0.1, -0.05) is 23.8 Å². The van der Waals surface area contributed by atoms with Crippen LogP contribution in [-0.2, 0) is 19.0 Å². The van der Waals surface area contributed by atoms with Crippen molar-refractivity contribution >= 4 is 17.6 Å². The van der Waals surface area contributed by atoms with Crippen molar-refractivity contribution in [2.75, 3.05) is 13.7 Å². The fourth-order valence-corrected chi connectivity index (χ4v) is 4.05. The quantitative estimate of drug-likeness (QED) is 0.816. The minimum absolute atomic E-state index is 0.00204. The van der Waals surface area contributed by atoms with Gasteiger partial charge in [0.05, 0.1) is 18.3 Å². The number of rotatable bonds is 4. The monoisotopic (exact) mass is 373 g/mol. The topological polar surface area (TPSA) is 73.9 Å². The van der Waals surface area contributed by atoms with Gasteiger partial charge in [-0.15, -0.1) is 0 Å². The largest absolute Gasteiger partial charge is 0.513 e. The number of ether oxygens (including phenoxy) is 3. The summed E-state index contributed by atoms with van der Waals surface area (Å²) in [4.78, 5) is 25.2. The molecular weight excluding hydrogens is 346 g/mol. The van der Waals surface area contributed by atoms with Crippen LogP contribution >= 0.6 is 0 Å². The van der Waals surface area contributed by atoms with Gasteiger partial charge in [0.1, 0.15) is 5.54 Å². The molecule has 1 aliphatic heterocycles. The van der Waals surface area contributed by atoms with Gasteiger partial charge in [0, 0.05) is 13.5 Å². The van der Waals surface area contributed by atoms with Crippen LogP contribution in [0, 0.1) is 13.8 Å². The highest BCUT2D eigenvalue weighted by molar-refractivity contribution is 6.23. The zero-order valence-corrected chi connectivity index (χ0v) is 16.4. The number of carbonyl (C=O) groups excluding carboxylic acids is 2. The molecule has 1 aliphatic carbocycles. The molecule has 1 heterocycles. The minimum Gasteiger partial charge on any atom is -0.434 e. The summed E-state index contributed by atoms with van der Waals surface area (Å²) in [5.74, 6) is 0.140. The molecule has 0 bridgehead atoms. The molecule has 0 radical (unpaired) electrons. The summed E-state index contributed by atoms with van der Waals surface area (Å²) in [6.45, 7) is 5.84. The molecule has 2 atom stereocenters. The van der Waals surface area contributed by atoms with Gasteiger partial charge in [-0.2, -0.15) is 0 Å². The lowest BCUT2D eigenvalue weighted by Crippen LogP contribution is -2.50. The summed E-state index contributed by atoms with van der Waals surface area (Å²) in [6.07, 6.45) is 2.26. The maximum absolute atomic E-state index is 13.0. The second kappa shape index (κ2) is 7.72. The number of methoxy groups -OCH3 is 1. The SMILES string of the molecule is CCOC(=O)OC1=C(c2cc(C)ccc2C)C(=O)NC12CCCC(OC)C2. The van der Waals surface area contributed by atoms with Crippen molar-refractivity contribution in [2.24, 2.45) is 0 Å². The summed E-state index contributed by atoms with van der Waals surface area (Å²) >= 11 is 0. The second-order valence-corrected chi connectivity index (χ2v) is 7.30. The van der Waals surface area contributed by atoms with Crippen LogP contribution < -0.4 is 5.32 Å². The van der Waals surface area contributed by atoms with E-state index in [1.54, 1.807) is 14.0 Å². The number of carbonyl (C=O) groups is 2. The van der Waals surface area contributed by atoms with Gasteiger partial charge in [-0.3, -0.25) is 4.79 Å². The Balaban J connectivity index is 2.13. The maximum Gasteiger partial charge on any atom is 0.513 e. The Hall–Kier alpha value is -2.34. The maximum atomic E-state index is 13.0. The van der Waals surface area contributed by atoms with Gasteiger partial charge in [0.25, 0.3) is 5.91 Å². The number of benzene rings is 1. The van der Waals surface area contributed by atoms with E-state index in [0.717, 1.165) is 29.5 Å². The van der Waals surface area contributed by atoms with Crippen molar-refractivity contribution in [1.82, 2.24) is 5.32 Å². The lowest BCUT2D eigenvalue weighted by atomic mass is 9.78. The third-order valence-electron chi connectivity index (χ3n) is 5.39. The predicted molar refractivity (Wildman–Crippen MR) is 101 cm³/mol. The lowest BCUT2D eigenvalue weighted by molar-refractivity contribution is -0.117. The summed E-state index contributed by atoms with van der Waals surface area (Å²) < 4.78 is 16.2. The Morgan fingerprint density at radius 1 is 1.33 bits per heavy atom. The molecule has 1 saturated carbocycles. The zero-order chi connectivity index (χ0) is 19.6. The molecule has 1 aromatic carbocycles.